The van der Waals surface area contributed by atoms with Gasteiger partial charge < -0.3 is 19.3 Å². The van der Waals surface area contributed by atoms with E-state index in [0.29, 0.717) is 52.4 Å². The average molecular weight is 755 g/mol. The second kappa shape index (κ2) is 15.6. The van der Waals surface area contributed by atoms with Gasteiger partial charge in [-0.1, -0.05) is 87.8 Å². The Kier molecular flexibility index (Phi) is 11.1. The predicted octanol–water partition coefficient (Wildman–Crippen LogP) is 8.68. The molecule has 1 N–H and O–H groups in total. The molecule has 0 bridgehead atoms. The van der Waals surface area contributed by atoms with Crippen LogP contribution in [0, 0.1) is 12.7 Å². The van der Waals surface area contributed by atoms with Gasteiger partial charge in [-0.15, -0.1) is 0 Å². The van der Waals surface area contributed by atoms with Crippen LogP contribution in [0.5, 0.6) is 17.5 Å². The number of nitrogens with zero attached hydrogens (tertiary/aromatic N) is 6. The van der Waals surface area contributed by atoms with Gasteiger partial charge in [-0.05, 0) is 64.3 Å². The smallest absolute Gasteiger partial charge is 0.370 e. The largest absolute Gasteiger partial charge is 0.507 e. The van der Waals surface area contributed by atoms with Gasteiger partial charge in [0.15, 0.2) is 0 Å². The summed E-state index contributed by atoms with van der Waals surface area (Å²) in [5, 5.41) is 18.5. The quantitative estimate of drug-likeness (QED) is 0.0818. The van der Waals surface area contributed by atoms with E-state index in [9.17, 15) is 9.90 Å². The van der Waals surface area contributed by atoms with Crippen LogP contribution in [-0.4, -0.2) is 63.8 Å². The molecular formula is C39H47FN6O5Si2. The molecule has 0 saturated heterocycles. The lowest BCUT2D eigenvalue weighted by Gasteiger charge is -2.16. The van der Waals surface area contributed by atoms with E-state index in [4.69, 9.17) is 19.2 Å². The Balaban J connectivity index is 1.30. The van der Waals surface area contributed by atoms with Crippen molar-refractivity contribution in [2.75, 3.05) is 13.2 Å². The number of ether oxygens (including phenoxy) is 3. The molecule has 0 aliphatic rings. The third-order valence-electron chi connectivity index (χ3n) is 8.90. The molecule has 278 valence electrons. The van der Waals surface area contributed by atoms with Crippen molar-refractivity contribution in [3.8, 4) is 45.5 Å². The number of benzene rings is 4. The fourth-order valence-corrected chi connectivity index (χ4v) is 7.16. The van der Waals surface area contributed by atoms with Gasteiger partial charge >= 0.3 is 11.7 Å². The molecule has 4 aromatic carbocycles. The zero-order chi connectivity index (χ0) is 37.9. The van der Waals surface area contributed by atoms with Crippen LogP contribution >= 0.6 is 0 Å². The van der Waals surface area contributed by atoms with Crippen molar-refractivity contribution in [3.63, 3.8) is 0 Å². The van der Waals surface area contributed by atoms with E-state index in [1.54, 1.807) is 34.9 Å². The molecule has 2 heterocycles. The highest BCUT2D eigenvalue weighted by atomic mass is 28.3. The van der Waals surface area contributed by atoms with Crippen molar-refractivity contribution in [2.24, 2.45) is 0 Å². The van der Waals surface area contributed by atoms with Crippen LogP contribution in [-0.2, 0) is 22.9 Å². The third kappa shape index (κ3) is 9.19. The number of aromatic hydroxyl groups is 1. The number of phenols is 1. The molecule has 0 amide bonds. The second-order valence-electron chi connectivity index (χ2n) is 15.7. The molecule has 14 heteroatoms. The van der Waals surface area contributed by atoms with Crippen molar-refractivity contribution >= 4 is 27.2 Å². The molecule has 11 nitrogen and oxygen atoms in total. The van der Waals surface area contributed by atoms with Gasteiger partial charge in [0.05, 0.1) is 16.7 Å². The topological polar surface area (TPSA) is 118 Å². The number of rotatable bonds is 15. The maximum absolute atomic E-state index is 15.9. The van der Waals surface area contributed by atoms with Crippen LogP contribution in [0.3, 0.4) is 0 Å². The number of aryl methyl sites for hydroxylation is 1. The zero-order valence-electron chi connectivity index (χ0n) is 31.4. The molecule has 53 heavy (non-hydrogen) atoms. The van der Waals surface area contributed by atoms with Crippen molar-refractivity contribution in [3.05, 3.63) is 101 Å². The maximum atomic E-state index is 15.9. The number of tetrazole rings is 1. The minimum absolute atomic E-state index is 0.0135. The van der Waals surface area contributed by atoms with E-state index in [1.165, 1.54) is 15.4 Å². The highest BCUT2D eigenvalue weighted by molar-refractivity contribution is 6.76. The standard InChI is InChI=1S/C39H47FN6O5Si2/c1-27-12-17-30(22-35(27)46-39(48)45(42-43-46)26-50-19-21-53(5,6)7)51-38-41-34-23-32(29-15-13-28(14-16-29)31-10-8-9-11-37(31)47)33(40)24-36(34)44(38)25-49-18-20-52(2,3)4/h8-17,22-24,47H,18-21,25-26H2,1-7H3. The van der Waals surface area contributed by atoms with Crippen LogP contribution in [0.2, 0.25) is 51.4 Å². The van der Waals surface area contributed by atoms with Gasteiger partial charge in [-0.25, -0.2) is 9.18 Å². The Bertz CT molecular complexity index is 2270. The van der Waals surface area contributed by atoms with Crippen LogP contribution in [0.25, 0.3) is 39.0 Å². The van der Waals surface area contributed by atoms with E-state index >= 15 is 4.39 Å². The number of para-hydroxylation sites is 1. The minimum atomic E-state index is -1.36. The fourth-order valence-electron chi connectivity index (χ4n) is 5.65. The fraction of sp³-hybridized carbons (Fsp3) is 0.333. The molecule has 0 atom stereocenters. The third-order valence-corrected chi connectivity index (χ3v) is 12.3. The van der Waals surface area contributed by atoms with Gasteiger partial charge in [-0.2, -0.15) is 14.3 Å². The molecule has 0 fully saturated rings. The Morgan fingerprint density at radius 1 is 0.774 bits per heavy atom. The number of imidazole rings is 1. The van der Waals surface area contributed by atoms with E-state index in [-0.39, 0.29) is 25.2 Å². The predicted molar refractivity (Wildman–Crippen MR) is 211 cm³/mol. The lowest BCUT2D eigenvalue weighted by molar-refractivity contribution is 0.0748. The highest BCUT2D eigenvalue weighted by Crippen LogP contribution is 2.35. The maximum Gasteiger partial charge on any atom is 0.370 e. The Hall–Kier alpha value is -4.90. The molecule has 2 aromatic heterocycles. The summed E-state index contributed by atoms with van der Waals surface area (Å²) in [7, 11) is -2.63. The van der Waals surface area contributed by atoms with Gasteiger partial charge in [0, 0.05) is 52.6 Å². The minimum Gasteiger partial charge on any atom is -0.507 e. The molecule has 0 saturated carbocycles. The average Bonchev–Trinajstić information content (AvgIpc) is 3.63. The van der Waals surface area contributed by atoms with E-state index in [2.05, 4.69) is 49.7 Å². The van der Waals surface area contributed by atoms with Crippen LogP contribution in [0.1, 0.15) is 5.56 Å². The lowest BCUT2D eigenvalue weighted by Crippen LogP contribution is -2.27. The van der Waals surface area contributed by atoms with Crippen molar-refractivity contribution in [1.29, 1.82) is 0 Å². The van der Waals surface area contributed by atoms with Gasteiger partial charge in [0.1, 0.15) is 30.8 Å². The van der Waals surface area contributed by atoms with Crippen molar-refractivity contribution in [2.45, 2.75) is 71.8 Å². The van der Waals surface area contributed by atoms with Crippen LogP contribution in [0.15, 0.2) is 83.7 Å². The number of hydrogen-bond acceptors (Lipinski definition) is 8. The molecule has 6 aromatic rings. The normalized spacial score (nSPS) is 12.2. The molecule has 0 unspecified atom stereocenters. The lowest BCUT2D eigenvalue weighted by atomic mass is 9.99. The van der Waals surface area contributed by atoms with Gasteiger partial charge in [0.25, 0.3) is 0 Å². The summed E-state index contributed by atoms with van der Waals surface area (Å²) in [6, 6.07) is 25.1. The molecule has 0 radical (unpaired) electrons. The Morgan fingerprint density at radius 3 is 2.08 bits per heavy atom. The monoisotopic (exact) mass is 754 g/mol. The van der Waals surface area contributed by atoms with Crippen molar-refractivity contribution in [1.82, 2.24) is 29.3 Å². The zero-order valence-corrected chi connectivity index (χ0v) is 33.4. The van der Waals surface area contributed by atoms with Crippen LogP contribution < -0.4 is 10.4 Å². The first-order valence-electron chi connectivity index (χ1n) is 17.7. The SMILES string of the molecule is Cc1ccc(Oc2nc3cc(-c4ccc(-c5ccccc5O)cc4)c(F)cc3n2COCC[Si](C)(C)C)cc1-n1nnn(COCC[Si](C)(C)C)c1=O. The van der Waals surface area contributed by atoms with Gasteiger partial charge in [-0.3, -0.25) is 4.57 Å². The summed E-state index contributed by atoms with van der Waals surface area (Å²) in [6.45, 7) is 16.7. The summed E-state index contributed by atoms with van der Waals surface area (Å²) in [4.78, 5) is 18.1. The molecular weight excluding hydrogens is 708 g/mol. The Labute approximate surface area is 310 Å². The summed E-state index contributed by atoms with van der Waals surface area (Å²) < 4.78 is 38.3. The van der Waals surface area contributed by atoms with E-state index in [1.807, 2.05) is 49.4 Å². The van der Waals surface area contributed by atoms with Gasteiger partial charge in [0.2, 0.25) is 0 Å². The molecule has 0 spiro atoms. The highest BCUT2D eigenvalue weighted by Gasteiger charge is 2.20. The number of phenolic OH excluding ortho intramolecular Hbond substituents is 1. The van der Waals surface area contributed by atoms with E-state index < -0.39 is 27.7 Å². The molecule has 6 rings (SSSR count). The first kappa shape index (κ1) is 37.8. The van der Waals surface area contributed by atoms with E-state index in [0.717, 1.165) is 23.2 Å². The first-order valence-corrected chi connectivity index (χ1v) is 25.1. The summed E-state index contributed by atoms with van der Waals surface area (Å²) >= 11 is 0. The molecule has 0 aliphatic heterocycles. The number of aromatic nitrogens is 6. The molecule has 0 aliphatic carbocycles. The first-order chi connectivity index (χ1) is 25.2. The number of halogens is 1. The van der Waals surface area contributed by atoms with Crippen molar-refractivity contribution < 1.29 is 23.7 Å². The second-order valence-corrected chi connectivity index (χ2v) is 26.9. The summed E-state index contributed by atoms with van der Waals surface area (Å²) in [5.41, 5.74) is 4.44. The van der Waals surface area contributed by atoms with Crippen LogP contribution in [0.4, 0.5) is 4.39 Å². The number of fused-ring (bicyclic) bond motifs is 1. The summed E-state index contributed by atoms with van der Waals surface area (Å²) in [6.07, 6.45) is 0. The summed E-state index contributed by atoms with van der Waals surface area (Å²) in [5.74, 6) is 0.152. The Morgan fingerprint density at radius 2 is 1.42 bits per heavy atom. The number of hydrogen-bond donors (Lipinski definition) is 1.